The zero-order chi connectivity index (χ0) is 21.5. The van der Waals surface area contributed by atoms with Crippen molar-refractivity contribution in [1.29, 1.82) is 0 Å². The maximum absolute atomic E-state index is 12.3. The highest BCUT2D eigenvalue weighted by atomic mass is 16.6. The molecule has 0 N–H and O–H groups in total. The Morgan fingerprint density at radius 3 is 2.33 bits per heavy atom. The average molecular weight is 414 g/mol. The molecule has 0 atom stereocenters. The Balaban J connectivity index is 1.67. The summed E-state index contributed by atoms with van der Waals surface area (Å²) in [5, 5.41) is 3.92. The maximum atomic E-state index is 12.3. The fourth-order valence-electron chi connectivity index (χ4n) is 2.69. The molecule has 0 aliphatic rings. The Bertz CT molecular complexity index is 1020. The van der Waals surface area contributed by atoms with Gasteiger partial charge >= 0.3 is 5.97 Å². The first-order valence-electron chi connectivity index (χ1n) is 9.12. The molecule has 0 aliphatic heterocycles. The molecule has 0 amide bonds. The van der Waals surface area contributed by atoms with Crippen molar-refractivity contribution in [1.82, 2.24) is 10.1 Å². The third-order valence-electron chi connectivity index (χ3n) is 4.14. The van der Waals surface area contributed by atoms with E-state index in [0.717, 1.165) is 0 Å². The number of hydrogen-bond donors (Lipinski definition) is 0. The standard InChI is InChI=1S/C21H22N2O7/c1-5-28-16-9-7-14(11-18(16)27-4)21(24)29-12-19-22-20(23-30-19)13-6-8-15(25-2)17(10-13)26-3/h6-11H,5,12H2,1-4H3. The van der Waals surface area contributed by atoms with Crippen LogP contribution in [-0.2, 0) is 11.3 Å². The van der Waals surface area contributed by atoms with Gasteiger partial charge in [-0.3, -0.25) is 0 Å². The van der Waals surface area contributed by atoms with Crippen LogP contribution in [0.2, 0.25) is 0 Å². The van der Waals surface area contributed by atoms with Crippen LogP contribution < -0.4 is 18.9 Å². The summed E-state index contributed by atoms with van der Waals surface area (Å²) in [4.78, 5) is 16.6. The first kappa shape index (κ1) is 21.0. The Hall–Kier alpha value is -3.75. The normalized spacial score (nSPS) is 10.4. The number of methoxy groups -OCH3 is 3. The van der Waals surface area contributed by atoms with Crippen LogP contribution in [-0.4, -0.2) is 44.0 Å². The van der Waals surface area contributed by atoms with E-state index in [-0.39, 0.29) is 12.5 Å². The fraction of sp³-hybridized carbons (Fsp3) is 0.286. The van der Waals surface area contributed by atoms with Crippen LogP contribution in [0.25, 0.3) is 11.4 Å². The first-order valence-corrected chi connectivity index (χ1v) is 9.12. The number of nitrogens with zero attached hydrogens (tertiary/aromatic N) is 2. The molecule has 30 heavy (non-hydrogen) atoms. The van der Waals surface area contributed by atoms with Crippen LogP contribution in [0.1, 0.15) is 23.2 Å². The van der Waals surface area contributed by atoms with E-state index in [9.17, 15) is 4.79 Å². The van der Waals surface area contributed by atoms with Crippen molar-refractivity contribution >= 4 is 5.97 Å². The predicted octanol–water partition coefficient (Wildman–Crippen LogP) is 3.52. The molecule has 9 nitrogen and oxygen atoms in total. The van der Waals surface area contributed by atoms with Gasteiger partial charge in [0.1, 0.15) is 0 Å². The average Bonchev–Trinajstić information content (AvgIpc) is 3.26. The fourth-order valence-corrected chi connectivity index (χ4v) is 2.69. The molecule has 0 aliphatic carbocycles. The molecular formula is C21H22N2O7. The minimum atomic E-state index is -0.554. The van der Waals surface area contributed by atoms with Gasteiger partial charge in [-0.2, -0.15) is 4.98 Å². The second-order valence-electron chi connectivity index (χ2n) is 5.96. The summed E-state index contributed by atoms with van der Waals surface area (Å²) in [6, 6.07) is 10.0. The molecule has 158 valence electrons. The molecular weight excluding hydrogens is 392 g/mol. The third kappa shape index (κ3) is 4.62. The lowest BCUT2D eigenvalue weighted by Gasteiger charge is -2.10. The van der Waals surface area contributed by atoms with Gasteiger partial charge in [-0.05, 0) is 43.3 Å². The van der Waals surface area contributed by atoms with Crippen LogP contribution in [0.3, 0.4) is 0 Å². The minimum Gasteiger partial charge on any atom is -0.493 e. The summed E-state index contributed by atoms with van der Waals surface area (Å²) in [5.74, 6) is 2.06. The topological polar surface area (TPSA) is 102 Å². The van der Waals surface area contributed by atoms with E-state index in [2.05, 4.69) is 10.1 Å². The quantitative estimate of drug-likeness (QED) is 0.487. The van der Waals surface area contributed by atoms with Crippen LogP contribution in [0.15, 0.2) is 40.9 Å². The Labute approximate surface area is 173 Å². The molecule has 0 saturated heterocycles. The van der Waals surface area contributed by atoms with Gasteiger partial charge in [0, 0.05) is 5.56 Å². The Kier molecular flexibility index (Phi) is 6.74. The lowest BCUT2D eigenvalue weighted by atomic mass is 10.2. The van der Waals surface area contributed by atoms with Gasteiger partial charge in [-0.15, -0.1) is 0 Å². The summed E-state index contributed by atoms with van der Waals surface area (Å²) in [5.41, 5.74) is 0.986. The molecule has 2 aromatic carbocycles. The van der Waals surface area contributed by atoms with Crippen molar-refractivity contribution in [3.8, 4) is 34.4 Å². The van der Waals surface area contributed by atoms with E-state index >= 15 is 0 Å². The van der Waals surface area contributed by atoms with Gasteiger partial charge in [0.05, 0.1) is 33.5 Å². The molecule has 0 unspecified atom stereocenters. The van der Waals surface area contributed by atoms with Crippen molar-refractivity contribution in [3.05, 3.63) is 47.9 Å². The summed E-state index contributed by atoms with van der Waals surface area (Å²) >= 11 is 0. The first-order chi connectivity index (χ1) is 14.6. The number of rotatable bonds is 9. The van der Waals surface area contributed by atoms with Crippen molar-refractivity contribution in [2.45, 2.75) is 13.5 Å². The predicted molar refractivity (Wildman–Crippen MR) is 106 cm³/mol. The van der Waals surface area contributed by atoms with Crippen molar-refractivity contribution in [2.75, 3.05) is 27.9 Å². The van der Waals surface area contributed by atoms with Crippen molar-refractivity contribution < 1.29 is 33.0 Å². The molecule has 9 heteroatoms. The number of carbonyl (C=O) groups excluding carboxylic acids is 1. The molecule has 0 saturated carbocycles. The second kappa shape index (κ2) is 9.64. The SMILES string of the molecule is CCOc1ccc(C(=O)OCc2nc(-c3ccc(OC)c(OC)c3)no2)cc1OC. The molecule has 1 aromatic heterocycles. The number of esters is 1. The van der Waals surface area contributed by atoms with Gasteiger partial charge in [-0.25, -0.2) is 4.79 Å². The number of aromatic nitrogens is 2. The Morgan fingerprint density at radius 2 is 1.63 bits per heavy atom. The van der Waals surface area contributed by atoms with E-state index in [0.29, 0.717) is 46.6 Å². The largest absolute Gasteiger partial charge is 0.493 e. The molecule has 0 bridgehead atoms. The highest BCUT2D eigenvalue weighted by molar-refractivity contribution is 5.90. The molecule has 0 radical (unpaired) electrons. The van der Waals surface area contributed by atoms with E-state index in [1.807, 2.05) is 6.92 Å². The number of carbonyl (C=O) groups is 1. The highest BCUT2D eigenvalue weighted by Gasteiger charge is 2.16. The summed E-state index contributed by atoms with van der Waals surface area (Å²) in [7, 11) is 4.60. The van der Waals surface area contributed by atoms with E-state index in [1.165, 1.54) is 7.11 Å². The van der Waals surface area contributed by atoms with Gasteiger partial charge in [0.2, 0.25) is 5.82 Å². The van der Waals surface area contributed by atoms with Gasteiger partial charge in [-0.1, -0.05) is 5.16 Å². The number of benzene rings is 2. The van der Waals surface area contributed by atoms with Crippen LogP contribution in [0.5, 0.6) is 23.0 Å². The molecule has 0 fully saturated rings. The summed E-state index contributed by atoms with van der Waals surface area (Å²) < 4.78 is 31.6. The number of hydrogen-bond acceptors (Lipinski definition) is 9. The molecule has 0 spiro atoms. The lowest BCUT2D eigenvalue weighted by molar-refractivity contribution is 0.0429. The van der Waals surface area contributed by atoms with Gasteiger partial charge in [0.15, 0.2) is 29.6 Å². The summed E-state index contributed by atoms with van der Waals surface area (Å²) in [6.07, 6.45) is 0. The monoisotopic (exact) mass is 414 g/mol. The van der Waals surface area contributed by atoms with Crippen LogP contribution in [0, 0.1) is 0 Å². The maximum Gasteiger partial charge on any atom is 0.338 e. The molecule has 1 heterocycles. The molecule has 3 aromatic rings. The Morgan fingerprint density at radius 1 is 0.933 bits per heavy atom. The van der Waals surface area contributed by atoms with Crippen molar-refractivity contribution in [2.24, 2.45) is 0 Å². The molecule has 3 rings (SSSR count). The lowest BCUT2D eigenvalue weighted by Crippen LogP contribution is -2.06. The highest BCUT2D eigenvalue weighted by Crippen LogP contribution is 2.31. The van der Waals surface area contributed by atoms with Crippen LogP contribution >= 0.6 is 0 Å². The van der Waals surface area contributed by atoms with E-state index < -0.39 is 5.97 Å². The van der Waals surface area contributed by atoms with Crippen LogP contribution in [0.4, 0.5) is 0 Å². The minimum absolute atomic E-state index is 0.158. The van der Waals surface area contributed by atoms with E-state index in [4.69, 9.17) is 28.2 Å². The number of ether oxygens (including phenoxy) is 5. The second-order valence-corrected chi connectivity index (χ2v) is 5.96. The van der Waals surface area contributed by atoms with Crippen molar-refractivity contribution in [3.63, 3.8) is 0 Å². The zero-order valence-corrected chi connectivity index (χ0v) is 17.1. The smallest absolute Gasteiger partial charge is 0.338 e. The summed E-state index contributed by atoms with van der Waals surface area (Å²) in [6.45, 7) is 2.18. The van der Waals surface area contributed by atoms with E-state index in [1.54, 1.807) is 50.6 Å². The van der Waals surface area contributed by atoms with Gasteiger partial charge < -0.3 is 28.2 Å². The third-order valence-corrected chi connectivity index (χ3v) is 4.14. The zero-order valence-electron chi connectivity index (χ0n) is 17.1. The van der Waals surface area contributed by atoms with Gasteiger partial charge in [0.25, 0.3) is 5.89 Å².